The van der Waals surface area contributed by atoms with Crippen LogP contribution in [-0.2, 0) is 19.1 Å². The van der Waals surface area contributed by atoms with Crippen molar-refractivity contribution in [2.75, 3.05) is 19.8 Å². The molecule has 1 atom stereocenters. The number of esters is 1. The molecule has 0 aliphatic heterocycles. The van der Waals surface area contributed by atoms with Gasteiger partial charge in [0.1, 0.15) is 0 Å². The van der Waals surface area contributed by atoms with Gasteiger partial charge in [0.25, 0.3) is 0 Å². The topological polar surface area (TPSA) is 113 Å². The van der Waals surface area contributed by atoms with E-state index < -0.39 is 30.4 Å². The number of aliphatic carboxylic acids is 1. The third-order valence-corrected chi connectivity index (χ3v) is 1.81. The molecule has 0 aromatic heterocycles. The first-order valence-electron chi connectivity index (χ1n) is 4.81. The maximum absolute atomic E-state index is 11.0. The molecule has 0 aromatic rings. The summed E-state index contributed by atoms with van der Waals surface area (Å²) in [4.78, 5) is 32.3. The van der Waals surface area contributed by atoms with E-state index in [2.05, 4.69) is 10.1 Å². The molecule has 16 heavy (non-hydrogen) atoms. The maximum Gasteiger partial charge on any atom is 0.396 e. The van der Waals surface area contributed by atoms with Crippen LogP contribution in [0.25, 0.3) is 0 Å². The molecule has 0 heterocycles. The number of hydrogen-bond donors (Lipinski definition) is 3. The lowest BCUT2D eigenvalue weighted by Crippen LogP contribution is -2.35. The normalized spacial score (nSPS) is 11.6. The Bertz CT molecular complexity index is 265. The number of rotatable bonds is 6. The second-order valence-corrected chi connectivity index (χ2v) is 2.98. The fourth-order valence-corrected chi connectivity index (χ4v) is 0.922. The van der Waals surface area contributed by atoms with Gasteiger partial charge >= 0.3 is 17.8 Å². The lowest BCUT2D eigenvalue weighted by Gasteiger charge is -2.09. The third-order valence-electron chi connectivity index (χ3n) is 1.81. The summed E-state index contributed by atoms with van der Waals surface area (Å²) in [5, 5.41) is 19.4. The minimum absolute atomic E-state index is 0.00479. The lowest BCUT2D eigenvalue weighted by molar-refractivity contribution is -0.154. The van der Waals surface area contributed by atoms with Gasteiger partial charge in [0, 0.05) is 6.54 Å². The molecule has 0 fully saturated rings. The Morgan fingerprint density at radius 1 is 1.38 bits per heavy atom. The summed E-state index contributed by atoms with van der Waals surface area (Å²) in [6.07, 6.45) is 0.0526. The van der Waals surface area contributed by atoms with Crippen LogP contribution in [0.15, 0.2) is 0 Å². The van der Waals surface area contributed by atoms with E-state index in [-0.39, 0.29) is 19.6 Å². The van der Waals surface area contributed by atoms with E-state index in [0.717, 1.165) is 0 Å². The standard InChI is InChI=1S/C9H15NO6/c1-2-16-9(15)7(12)10-4-3-6(5-11)8(13)14/h6,11H,2-5H2,1H3,(H,10,12)(H,13,14). The zero-order valence-electron chi connectivity index (χ0n) is 8.93. The van der Waals surface area contributed by atoms with Gasteiger partial charge in [-0.2, -0.15) is 0 Å². The fraction of sp³-hybridized carbons (Fsp3) is 0.667. The van der Waals surface area contributed by atoms with Crippen LogP contribution in [0, 0.1) is 5.92 Å². The van der Waals surface area contributed by atoms with Gasteiger partial charge in [-0.15, -0.1) is 0 Å². The Hall–Kier alpha value is -1.63. The molecule has 7 nitrogen and oxygen atoms in total. The van der Waals surface area contributed by atoms with Crippen LogP contribution in [-0.4, -0.2) is 47.8 Å². The van der Waals surface area contributed by atoms with Crippen molar-refractivity contribution in [3.05, 3.63) is 0 Å². The minimum atomic E-state index is -1.15. The highest BCUT2D eigenvalue weighted by molar-refractivity contribution is 6.32. The van der Waals surface area contributed by atoms with Crippen LogP contribution >= 0.6 is 0 Å². The summed E-state index contributed by atoms with van der Waals surface area (Å²) < 4.78 is 4.42. The average Bonchev–Trinajstić information content (AvgIpc) is 2.23. The zero-order chi connectivity index (χ0) is 12.6. The third kappa shape index (κ3) is 5.30. The van der Waals surface area contributed by atoms with Crippen LogP contribution < -0.4 is 5.32 Å². The van der Waals surface area contributed by atoms with Crippen molar-refractivity contribution in [1.29, 1.82) is 0 Å². The molecule has 0 radical (unpaired) electrons. The number of carbonyl (C=O) groups excluding carboxylic acids is 2. The van der Waals surface area contributed by atoms with E-state index in [1.165, 1.54) is 0 Å². The number of aliphatic hydroxyl groups is 1. The molecule has 0 aliphatic rings. The number of nitrogens with one attached hydrogen (secondary N) is 1. The van der Waals surface area contributed by atoms with Crippen LogP contribution in [0.5, 0.6) is 0 Å². The van der Waals surface area contributed by atoms with Crippen molar-refractivity contribution in [3.8, 4) is 0 Å². The predicted molar refractivity (Wildman–Crippen MR) is 52.5 cm³/mol. The Labute approximate surface area is 92.4 Å². The highest BCUT2D eigenvalue weighted by Gasteiger charge is 2.18. The second-order valence-electron chi connectivity index (χ2n) is 2.98. The fourth-order valence-electron chi connectivity index (χ4n) is 0.922. The van der Waals surface area contributed by atoms with Crippen molar-refractivity contribution < 1.29 is 29.3 Å². The molecule has 3 N–H and O–H groups in total. The van der Waals surface area contributed by atoms with Gasteiger partial charge in [-0.25, -0.2) is 4.79 Å². The number of carbonyl (C=O) groups is 3. The summed E-state index contributed by atoms with van der Waals surface area (Å²) in [6, 6.07) is 0. The number of carboxylic acid groups (broad SMARTS) is 1. The first-order valence-corrected chi connectivity index (χ1v) is 4.81. The van der Waals surface area contributed by atoms with E-state index in [1.54, 1.807) is 6.92 Å². The van der Waals surface area contributed by atoms with Gasteiger partial charge in [-0.3, -0.25) is 9.59 Å². The van der Waals surface area contributed by atoms with Crippen LogP contribution in [0.3, 0.4) is 0 Å². The smallest absolute Gasteiger partial charge is 0.396 e. The molecule has 0 rings (SSSR count). The summed E-state index contributed by atoms with van der Waals surface area (Å²) in [5.41, 5.74) is 0. The Morgan fingerprint density at radius 2 is 2.00 bits per heavy atom. The largest absolute Gasteiger partial charge is 0.481 e. The van der Waals surface area contributed by atoms with Gasteiger partial charge in [0.2, 0.25) is 0 Å². The minimum Gasteiger partial charge on any atom is -0.481 e. The number of amides is 1. The molecule has 1 unspecified atom stereocenters. The highest BCUT2D eigenvalue weighted by atomic mass is 16.5. The van der Waals surface area contributed by atoms with Crippen molar-refractivity contribution in [1.82, 2.24) is 5.32 Å². The Balaban J connectivity index is 3.84. The van der Waals surface area contributed by atoms with E-state index in [4.69, 9.17) is 10.2 Å². The van der Waals surface area contributed by atoms with Crippen molar-refractivity contribution in [2.24, 2.45) is 5.92 Å². The molecule has 92 valence electrons. The maximum atomic E-state index is 11.0. The first kappa shape index (κ1) is 14.4. The molecule has 7 heteroatoms. The summed E-state index contributed by atoms with van der Waals surface area (Å²) in [7, 11) is 0. The molecular weight excluding hydrogens is 218 g/mol. The molecule has 0 aliphatic carbocycles. The van der Waals surface area contributed by atoms with Crippen LogP contribution in [0.1, 0.15) is 13.3 Å². The molecule has 0 aromatic carbocycles. The van der Waals surface area contributed by atoms with Gasteiger partial charge in [0.15, 0.2) is 0 Å². The van der Waals surface area contributed by atoms with Gasteiger partial charge < -0.3 is 20.3 Å². The van der Waals surface area contributed by atoms with Gasteiger partial charge in [-0.05, 0) is 13.3 Å². The molecule has 1 amide bonds. The number of aliphatic hydroxyl groups excluding tert-OH is 1. The van der Waals surface area contributed by atoms with E-state index in [1.807, 2.05) is 0 Å². The summed E-state index contributed by atoms with van der Waals surface area (Å²) in [6.45, 7) is 1.15. The van der Waals surface area contributed by atoms with Crippen LogP contribution in [0.2, 0.25) is 0 Å². The zero-order valence-corrected chi connectivity index (χ0v) is 8.93. The number of hydrogen-bond acceptors (Lipinski definition) is 5. The van der Waals surface area contributed by atoms with Crippen molar-refractivity contribution in [2.45, 2.75) is 13.3 Å². The second kappa shape index (κ2) is 7.63. The van der Waals surface area contributed by atoms with Crippen molar-refractivity contribution in [3.63, 3.8) is 0 Å². The number of ether oxygens (including phenoxy) is 1. The van der Waals surface area contributed by atoms with Crippen molar-refractivity contribution >= 4 is 17.8 Å². The van der Waals surface area contributed by atoms with Gasteiger partial charge in [-0.1, -0.05) is 0 Å². The van der Waals surface area contributed by atoms with Crippen LogP contribution in [0.4, 0.5) is 0 Å². The SMILES string of the molecule is CCOC(=O)C(=O)NCCC(CO)C(=O)O. The molecule has 0 bridgehead atoms. The lowest BCUT2D eigenvalue weighted by atomic mass is 10.1. The number of carboxylic acids is 1. The predicted octanol–water partition coefficient (Wildman–Crippen LogP) is -1.25. The average molecular weight is 233 g/mol. The molecule has 0 spiro atoms. The Morgan fingerprint density at radius 3 is 2.44 bits per heavy atom. The molecule has 0 saturated heterocycles. The summed E-state index contributed by atoms with van der Waals surface area (Å²) in [5.74, 6) is -4.00. The van der Waals surface area contributed by atoms with Gasteiger partial charge in [0.05, 0.1) is 19.1 Å². The van der Waals surface area contributed by atoms with E-state index >= 15 is 0 Å². The quantitative estimate of drug-likeness (QED) is 0.390. The monoisotopic (exact) mass is 233 g/mol. The molecule has 0 saturated carbocycles. The van der Waals surface area contributed by atoms with E-state index in [0.29, 0.717) is 0 Å². The molecular formula is C9H15NO6. The van der Waals surface area contributed by atoms with E-state index in [9.17, 15) is 14.4 Å². The first-order chi connectivity index (χ1) is 7.52. The highest BCUT2D eigenvalue weighted by Crippen LogP contribution is 2.00. The Kier molecular flexibility index (Phi) is 6.86. The summed E-state index contributed by atoms with van der Waals surface area (Å²) >= 11 is 0.